The highest BCUT2D eigenvalue weighted by atomic mass is 19.1. The first-order valence-corrected chi connectivity index (χ1v) is 8.79. The van der Waals surface area contributed by atoms with Crippen LogP contribution in [0.3, 0.4) is 0 Å². The van der Waals surface area contributed by atoms with E-state index < -0.39 is 17.5 Å². The maximum Gasteiger partial charge on any atom is 0.254 e. The minimum atomic E-state index is -0.753. The molecule has 1 amide bonds. The quantitative estimate of drug-likeness (QED) is 0.590. The summed E-state index contributed by atoms with van der Waals surface area (Å²) in [6.45, 7) is 0. The standard InChI is InChI=1S/C18H20F2N6O/c19-10-5-11(20)7-12(6-10)24-16-13(15(21)27)8-23-17(26-16)25-14(9-1-2-9)18(22)3-4-18/h5-9,14H,1-4,22H2,(H2,21,27)(H2,23,24,25,26). The summed E-state index contributed by atoms with van der Waals surface area (Å²) in [6.07, 6.45) is 5.37. The van der Waals surface area contributed by atoms with E-state index in [0.29, 0.717) is 5.92 Å². The van der Waals surface area contributed by atoms with Crippen LogP contribution < -0.4 is 22.1 Å². The second-order valence-electron chi connectivity index (χ2n) is 7.30. The third-order valence-corrected chi connectivity index (χ3v) is 5.00. The first kappa shape index (κ1) is 17.6. The van der Waals surface area contributed by atoms with E-state index in [1.54, 1.807) is 0 Å². The fraction of sp³-hybridized carbons (Fsp3) is 0.389. The molecule has 7 nitrogen and oxygen atoms in total. The van der Waals surface area contributed by atoms with Crippen molar-refractivity contribution in [3.8, 4) is 0 Å². The van der Waals surface area contributed by atoms with Gasteiger partial charge in [0.25, 0.3) is 5.91 Å². The van der Waals surface area contributed by atoms with Crippen LogP contribution in [0.25, 0.3) is 0 Å². The third kappa shape index (κ3) is 3.82. The monoisotopic (exact) mass is 374 g/mol. The number of primary amides is 1. The lowest BCUT2D eigenvalue weighted by molar-refractivity contribution is 0.100. The molecular weight excluding hydrogens is 354 g/mol. The Bertz CT molecular complexity index is 877. The van der Waals surface area contributed by atoms with Gasteiger partial charge in [-0.1, -0.05) is 0 Å². The average molecular weight is 374 g/mol. The van der Waals surface area contributed by atoms with E-state index in [-0.39, 0.29) is 34.6 Å². The number of anilines is 3. The molecule has 9 heteroatoms. The first-order chi connectivity index (χ1) is 12.8. The summed E-state index contributed by atoms with van der Waals surface area (Å²) in [5, 5.41) is 6.02. The number of carbonyl (C=O) groups is 1. The Kier molecular flexibility index (Phi) is 4.18. The predicted molar refractivity (Wildman–Crippen MR) is 96.5 cm³/mol. The third-order valence-electron chi connectivity index (χ3n) is 5.00. The van der Waals surface area contributed by atoms with Crippen molar-refractivity contribution in [1.29, 1.82) is 0 Å². The molecule has 6 N–H and O–H groups in total. The van der Waals surface area contributed by atoms with Crippen molar-refractivity contribution < 1.29 is 13.6 Å². The SMILES string of the molecule is NC(=O)c1cnc(NC(C2CC2)C2(N)CC2)nc1Nc1cc(F)cc(F)c1. The van der Waals surface area contributed by atoms with Crippen LogP contribution in [0.2, 0.25) is 0 Å². The largest absolute Gasteiger partial charge is 0.365 e. The Morgan fingerprint density at radius 1 is 1.22 bits per heavy atom. The van der Waals surface area contributed by atoms with Crippen LogP contribution in [-0.4, -0.2) is 27.5 Å². The van der Waals surface area contributed by atoms with Gasteiger partial charge in [-0.05, 0) is 43.7 Å². The predicted octanol–water partition coefficient (Wildman–Crippen LogP) is 2.28. The van der Waals surface area contributed by atoms with Crippen molar-refractivity contribution in [3.05, 3.63) is 41.6 Å². The zero-order valence-corrected chi connectivity index (χ0v) is 14.5. The molecular formula is C18H20F2N6O. The maximum atomic E-state index is 13.4. The lowest BCUT2D eigenvalue weighted by atomic mass is 10.0. The molecule has 0 radical (unpaired) electrons. The molecule has 0 saturated heterocycles. The molecule has 0 aliphatic heterocycles. The molecule has 27 heavy (non-hydrogen) atoms. The number of amides is 1. The van der Waals surface area contributed by atoms with Crippen LogP contribution in [0, 0.1) is 17.6 Å². The van der Waals surface area contributed by atoms with Gasteiger partial charge < -0.3 is 22.1 Å². The molecule has 1 heterocycles. The van der Waals surface area contributed by atoms with Crippen LogP contribution in [0.5, 0.6) is 0 Å². The number of nitrogens with zero attached hydrogens (tertiary/aromatic N) is 2. The maximum absolute atomic E-state index is 13.4. The van der Waals surface area contributed by atoms with Gasteiger partial charge >= 0.3 is 0 Å². The normalized spacial score (nSPS) is 18.6. The summed E-state index contributed by atoms with van der Waals surface area (Å²) in [5.41, 5.74) is 11.6. The van der Waals surface area contributed by atoms with Crippen LogP contribution in [-0.2, 0) is 0 Å². The number of halogens is 2. The number of nitrogens with one attached hydrogen (secondary N) is 2. The van der Waals surface area contributed by atoms with Crippen LogP contribution >= 0.6 is 0 Å². The smallest absolute Gasteiger partial charge is 0.254 e. The molecule has 1 atom stereocenters. The summed E-state index contributed by atoms with van der Waals surface area (Å²) >= 11 is 0. The number of aromatic nitrogens is 2. The Balaban J connectivity index is 1.62. The lowest BCUT2D eigenvalue weighted by Crippen LogP contribution is -2.44. The van der Waals surface area contributed by atoms with Gasteiger partial charge in [0.2, 0.25) is 5.95 Å². The Hall–Kier alpha value is -2.81. The van der Waals surface area contributed by atoms with Crippen LogP contribution in [0.15, 0.2) is 24.4 Å². The van der Waals surface area contributed by atoms with E-state index in [2.05, 4.69) is 20.6 Å². The number of rotatable bonds is 7. The highest BCUT2D eigenvalue weighted by Crippen LogP contribution is 2.47. The van der Waals surface area contributed by atoms with Gasteiger partial charge in [-0.2, -0.15) is 4.98 Å². The molecule has 1 aromatic carbocycles. The first-order valence-electron chi connectivity index (χ1n) is 8.79. The summed E-state index contributed by atoms with van der Waals surface area (Å²) in [7, 11) is 0. The molecule has 2 aromatic rings. The van der Waals surface area contributed by atoms with Crippen molar-refractivity contribution in [2.75, 3.05) is 10.6 Å². The van der Waals surface area contributed by atoms with Gasteiger partial charge in [0.15, 0.2) is 0 Å². The van der Waals surface area contributed by atoms with Crippen molar-refractivity contribution in [3.63, 3.8) is 0 Å². The zero-order chi connectivity index (χ0) is 19.2. The minimum absolute atomic E-state index is 0.0158. The van der Waals surface area contributed by atoms with Crippen LogP contribution in [0.4, 0.5) is 26.2 Å². The number of hydrogen-bond acceptors (Lipinski definition) is 6. The summed E-state index contributed by atoms with van der Waals surface area (Å²) < 4.78 is 26.9. The van der Waals surface area contributed by atoms with Crippen molar-refractivity contribution >= 4 is 23.4 Å². The zero-order valence-electron chi connectivity index (χ0n) is 14.5. The molecule has 1 unspecified atom stereocenters. The Labute approximate surface area is 154 Å². The van der Waals surface area contributed by atoms with Gasteiger partial charge in [-0.15, -0.1) is 0 Å². The number of hydrogen-bond donors (Lipinski definition) is 4. The highest BCUT2D eigenvalue weighted by molar-refractivity contribution is 5.98. The second kappa shape index (κ2) is 6.41. The molecule has 2 aliphatic rings. The van der Waals surface area contributed by atoms with E-state index >= 15 is 0 Å². The van der Waals surface area contributed by atoms with Gasteiger partial charge in [0, 0.05) is 29.5 Å². The second-order valence-corrected chi connectivity index (χ2v) is 7.30. The lowest BCUT2D eigenvalue weighted by Gasteiger charge is -2.25. The fourth-order valence-corrected chi connectivity index (χ4v) is 3.24. The van der Waals surface area contributed by atoms with Crippen LogP contribution in [0.1, 0.15) is 36.0 Å². The molecule has 142 valence electrons. The number of carbonyl (C=O) groups excluding carboxylic acids is 1. The van der Waals surface area contributed by atoms with Gasteiger partial charge in [0.05, 0.1) is 0 Å². The van der Waals surface area contributed by atoms with Gasteiger partial charge in [-0.3, -0.25) is 4.79 Å². The molecule has 0 spiro atoms. The molecule has 2 saturated carbocycles. The van der Waals surface area contributed by atoms with E-state index in [1.165, 1.54) is 6.20 Å². The molecule has 4 rings (SSSR count). The molecule has 2 fully saturated rings. The molecule has 2 aliphatic carbocycles. The Morgan fingerprint density at radius 2 is 1.89 bits per heavy atom. The van der Waals surface area contributed by atoms with E-state index in [1.807, 2.05) is 0 Å². The summed E-state index contributed by atoms with van der Waals surface area (Å²) in [5.74, 6) is -1.42. The van der Waals surface area contributed by atoms with E-state index in [9.17, 15) is 13.6 Å². The molecule has 0 bridgehead atoms. The van der Waals surface area contributed by atoms with Crippen molar-refractivity contribution in [1.82, 2.24) is 9.97 Å². The molecule has 1 aromatic heterocycles. The topological polar surface area (TPSA) is 119 Å². The van der Waals surface area contributed by atoms with Gasteiger partial charge in [0.1, 0.15) is 23.0 Å². The number of nitrogens with two attached hydrogens (primary N) is 2. The fourth-order valence-electron chi connectivity index (χ4n) is 3.24. The summed E-state index contributed by atoms with van der Waals surface area (Å²) in [6, 6.07) is 2.99. The van der Waals surface area contributed by atoms with Crippen molar-refractivity contribution in [2.45, 2.75) is 37.3 Å². The average Bonchev–Trinajstić information content (AvgIpc) is 3.49. The van der Waals surface area contributed by atoms with Gasteiger partial charge in [-0.25, -0.2) is 13.8 Å². The minimum Gasteiger partial charge on any atom is -0.365 e. The van der Waals surface area contributed by atoms with E-state index in [0.717, 1.165) is 43.9 Å². The number of benzene rings is 1. The van der Waals surface area contributed by atoms with E-state index in [4.69, 9.17) is 11.5 Å². The summed E-state index contributed by atoms with van der Waals surface area (Å²) in [4.78, 5) is 20.1. The highest BCUT2D eigenvalue weighted by Gasteiger charge is 2.52. The Morgan fingerprint density at radius 3 is 2.44 bits per heavy atom. The van der Waals surface area contributed by atoms with Crippen molar-refractivity contribution in [2.24, 2.45) is 17.4 Å².